The molecule has 0 bridgehead atoms. The van der Waals surface area contributed by atoms with Gasteiger partial charge in [0.1, 0.15) is 5.75 Å². The fourth-order valence-corrected chi connectivity index (χ4v) is 3.40. The highest BCUT2D eigenvalue weighted by molar-refractivity contribution is 5.79. The molecule has 0 saturated heterocycles. The lowest BCUT2D eigenvalue weighted by atomic mass is 10.1. The molecular formula is C27H36O4. The number of hydrogen-bond acceptors (Lipinski definition) is 4. The van der Waals surface area contributed by atoms with Gasteiger partial charge < -0.3 is 9.47 Å². The molecule has 0 radical (unpaired) electrons. The Morgan fingerprint density at radius 1 is 0.645 bits per heavy atom. The van der Waals surface area contributed by atoms with E-state index in [1.54, 1.807) is 12.1 Å². The van der Waals surface area contributed by atoms with Gasteiger partial charge in [0.15, 0.2) is 0 Å². The SMILES string of the molecule is CCCCCCCCCCCOC(=O)CCC(=O)Oc1ccc(-c2ccccc2)cc1. The van der Waals surface area contributed by atoms with Crippen LogP contribution in [0.15, 0.2) is 54.6 Å². The molecule has 31 heavy (non-hydrogen) atoms. The van der Waals surface area contributed by atoms with Gasteiger partial charge in [0.2, 0.25) is 0 Å². The topological polar surface area (TPSA) is 52.6 Å². The molecule has 168 valence electrons. The first-order valence-electron chi connectivity index (χ1n) is 11.7. The fourth-order valence-electron chi connectivity index (χ4n) is 3.40. The number of carbonyl (C=O) groups excluding carboxylic acids is 2. The van der Waals surface area contributed by atoms with Gasteiger partial charge in [0, 0.05) is 0 Å². The van der Waals surface area contributed by atoms with E-state index in [-0.39, 0.29) is 18.8 Å². The highest BCUT2D eigenvalue weighted by atomic mass is 16.5. The van der Waals surface area contributed by atoms with Crippen molar-refractivity contribution in [2.75, 3.05) is 6.61 Å². The normalized spacial score (nSPS) is 10.6. The predicted molar refractivity (Wildman–Crippen MR) is 125 cm³/mol. The molecule has 0 aromatic heterocycles. The van der Waals surface area contributed by atoms with E-state index in [9.17, 15) is 9.59 Å². The third-order valence-corrected chi connectivity index (χ3v) is 5.24. The summed E-state index contributed by atoms with van der Waals surface area (Å²) in [6.45, 7) is 2.67. The Bertz CT molecular complexity index is 753. The lowest BCUT2D eigenvalue weighted by Crippen LogP contribution is -2.12. The summed E-state index contributed by atoms with van der Waals surface area (Å²) in [6, 6.07) is 17.4. The van der Waals surface area contributed by atoms with Crippen molar-refractivity contribution in [1.82, 2.24) is 0 Å². The van der Waals surface area contributed by atoms with Crippen LogP contribution in [0.4, 0.5) is 0 Å². The van der Waals surface area contributed by atoms with Gasteiger partial charge >= 0.3 is 11.9 Å². The smallest absolute Gasteiger partial charge is 0.311 e. The van der Waals surface area contributed by atoms with Crippen molar-refractivity contribution >= 4 is 11.9 Å². The summed E-state index contributed by atoms with van der Waals surface area (Å²) in [5.41, 5.74) is 2.16. The van der Waals surface area contributed by atoms with Crippen LogP contribution in [0.25, 0.3) is 11.1 Å². The Balaban J connectivity index is 1.52. The second-order valence-electron chi connectivity index (χ2n) is 7.91. The summed E-state index contributed by atoms with van der Waals surface area (Å²) in [7, 11) is 0. The van der Waals surface area contributed by atoms with Crippen LogP contribution in [0.3, 0.4) is 0 Å². The molecule has 2 rings (SSSR count). The van der Waals surface area contributed by atoms with Gasteiger partial charge in [-0.1, -0.05) is 101 Å². The van der Waals surface area contributed by atoms with E-state index in [2.05, 4.69) is 6.92 Å². The zero-order chi connectivity index (χ0) is 22.2. The largest absolute Gasteiger partial charge is 0.466 e. The minimum Gasteiger partial charge on any atom is -0.466 e. The van der Waals surface area contributed by atoms with Gasteiger partial charge in [-0.25, -0.2) is 0 Å². The van der Waals surface area contributed by atoms with Crippen LogP contribution >= 0.6 is 0 Å². The van der Waals surface area contributed by atoms with E-state index < -0.39 is 5.97 Å². The second-order valence-corrected chi connectivity index (χ2v) is 7.91. The molecule has 0 heterocycles. The number of benzene rings is 2. The standard InChI is InChI=1S/C27H36O4/c1-2-3-4-5-6-7-8-9-13-22-30-26(28)20-21-27(29)31-25-18-16-24(17-19-25)23-14-11-10-12-15-23/h10-12,14-19H,2-9,13,20-22H2,1H3. The van der Waals surface area contributed by atoms with Crippen LogP contribution in [0.2, 0.25) is 0 Å². The van der Waals surface area contributed by atoms with Gasteiger partial charge in [0.25, 0.3) is 0 Å². The monoisotopic (exact) mass is 424 g/mol. The maximum atomic E-state index is 12.0. The minimum atomic E-state index is -0.424. The first kappa shape index (κ1) is 24.6. The number of unbranched alkanes of at least 4 members (excludes halogenated alkanes) is 8. The summed E-state index contributed by atoms with van der Waals surface area (Å²) in [5, 5.41) is 0. The Morgan fingerprint density at radius 2 is 1.19 bits per heavy atom. The second kappa shape index (κ2) is 15.2. The average Bonchev–Trinajstić information content (AvgIpc) is 2.80. The van der Waals surface area contributed by atoms with E-state index in [4.69, 9.17) is 9.47 Å². The lowest BCUT2D eigenvalue weighted by molar-refractivity contribution is -0.147. The van der Waals surface area contributed by atoms with Crippen LogP contribution in [0.5, 0.6) is 5.75 Å². The van der Waals surface area contributed by atoms with E-state index in [0.29, 0.717) is 12.4 Å². The van der Waals surface area contributed by atoms with Crippen LogP contribution < -0.4 is 4.74 Å². The molecule has 0 aliphatic heterocycles. The summed E-state index contributed by atoms with van der Waals surface area (Å²) in [5.74, 6) is -0.281. The van der Waals surface area contributed by atoms with Crippen molar-refractivity contribution in [3.05, 3.63) is 54.6 Å². The molecule has 2 aromatic carbocycles. The fraction of sp³-hybridized carbons (Fsp3) is 0.481. The van der Waals surface area contributed by atoms with Gasteiger partial charge in [-0.15, -0.1) is 0 Å². The predicted octanol–water partition coefficient (Wildman–Crippen LogP) is 7.11. The molecule has 0 aliphatic rings. The molecule has 0 amide bonds. The lowest BCUT2D eigenvalue weighted by Gasteiger charge is -2.07. The van der Waals surface area contributed by atoms with E-state index in [1.807, 2.05) is 42.5 Å². The van der Waals surface area contributed by atoms with Crippen molar-refractivity contribution in [3.63, 3.8) is 0 Å². The maximum absolute atomic E-state index is 12.0. The summed E-state index contributed by atoms with van der Waals surface area (Å²) in [6.07, 6.45) is 11.1. The number of carbonyl (C=O) groups is 2. The Morgan fingerprint density at radius 3 is 1.84 bits per heavy atom. The van der Waals surface area contributed by atoms with Crippen molar-refractivity contribution in [2.24, 2.45) is 0 Å². The van der Waals surface area contributed by atoms with Gasteiger partial charge in [-0.05, 0) is 29.7 Å². The molecule has 0 aliphatic carbocycles. The molecule has 4 nitrogen and oxygen atoms in total. The first-order valence-corrected chi connectivity index (χ1v) is 11.7. The average molecular weight is 425 g/mol. The van der Waals surface area contributed by atoms with Gasteiger partial charge in [0.05, 0.1) is 19.4 Å². The molecule has 0 atom stereocenters. The molecule has 0 fully saturated rings. The van der Waals surface area contributed by atoms with Crippen LogP contribution in [-0.2, 0) is 14.3 Å². The van der Waals surface area contributed by atoms with E-state index in [1.165, 1.54) is 44.9 Å². The van der Waals surface area contributed by atoms with E-state index >= 15 is 0 Å². The third-order valence-electron chi connectivity index (χ3n) is 5.24. The summed E-state index contributed by atoms with van der Waals surface area (Å²) >= 11 is 0. The first-order chi connectivity index (χ1) is 15.2. The molecule has 0 N–H and O–H groups in total. The minimum absolute atomic E-state index is 0.0248. The maximum Gasteiger partial charge on any atom is 0.311 e. The molecule has 2 aromatic rings. The molecular weight excluding hydrogens is 388 g/mol. The molecule has 0 spiro atoms. The van der Waals surface area contributed by atoms with Crippen molar-refractivity contribution in [1.29, 1.82) is 0 Å². The van der Waals surface area contributed by atoms with E-state index in [0.717, 1.165) is 24.0 Å². The van der Waals surface area contributed by atoms with Crippen molar-refractivity contribution in [2.45, 2.75) is 77.6 Å². The number of hydrogen-bond donors (Lipinski definition) is 0. The summed E-state index contributed by atoms with van der Waals surface area (Å²) in [4.78, 5) is 23.8. The quantitative estimate of drug-likeness (QED) is 0.174. The Hall–Kier alpha value is -2.62. The van der Waals surface area contributed by atoms with Crippen LogP contribution in [-0.4, -0.2) is 18.5 Å². The Labute approximate surface area is 187 Å². The molecule has 4 heteroatoms. The van der Waals surface area contributed by atoms with Crippen molar-refractivity contribution < 1.29 is 19.1 Å². The van der Waals surface area contributed by atoms with Crippen LogP contribution in [0, 0.1) is 0 Å². The highest BCUT2D eigenvalue weighted by Gasteiger charge is 2.10. The molecule has 0 unspecified atom stereocenters. The van der Waals surface area contributed by atoms with Crippen LogP contribution in [0.1, 0.15) is 77.6 Å². The number of rotatable bonds is 15. The summed E-state index contributed by atoms with van der Waals surface area (Å²) < 4.78 is 10.5. The van der Waals surface area contributed by atoms with Crippen molar-refractivity contribution in [3.8, 4) is 16.9 Å². The number of esters is 2. The third kappa shape index (κ3) is 10.8. The zero-order valence-corrected chi connectivity index (χ0v) is 18.8. The highest BCUT2D eigenvalue weighted by Crippen LogP contribution is 2.22. The van der Waals surface area contributed by atoms with Gasteiger partial charge in [-0.2, -0.15) is 0 Å². The van der Waals surface area contributed by atoms with Gasteiger partial charge in [-0.3, -0.25) is 9.59 Å². The Kier molecular flexibility index (Phi) is 12.1. The molecule has 0 saturated carbocycles. The number of ether oxygens (including phenoxy) is 2. The zero-order valence-electron chi connectivity index (χ0n) is 18.8.